The Morgan fingerprint density at radius 2 is 2.40 bits per heavy atom. The van der Waals surface area contributed by atoms with E-state index < -0.39 is 12.0 Å². The van der Waals surface area contributed by atoms with Crippen LogP contribution in [0.2, 0.25) is 0 Å². The van der Waals surface area contributed by atoms with Crippen molar-refractivity contribution < 1.29 is 24.2 Å². The highest BCUT2D eigenvalue weighted by molar-refractivity contribution is 6.04. The molecule has 1 aliphatic rings. The predicted molar refractivity (Wildman–Crippen MR) is 68.3 cm³/mol. The maximum Gasteiger partial charge on any atom is 0.357 e. The lowest BCUT2D eigenvalue weighted by Crippen LogP contribution is -2.50. The van der Waals surface area contributed by atoms with Gasteiger partial charge in [-0.3, -0.25) is 4.79 Å². The lowest BCUT2D eigenvalue weighted by molar-refractivity contribution is -0.0185. The number of aromatic nitrogens is 1. The van der Waals surface area contributed by atoms with Gasteiger partial charge in [0.15, 0.2) is 5.69 Å². The summed E-state index contributed by atoms with van der Waals surface area (Å²) in [6.45, 7) is 0.839. The molecule has 108 valence electrons. The van der Waals surface area contributed by atoms with Gasteiger partial charge in [0.25, 0.3) is 5.91 Å². The fraction of sp³-hybridized carbons (Fsp3) is 0.462. The molecule has 7 heteroatoms. The predicted octanol–water partition coefficient (Wildman–Crippen LogP) is -0.298. The molecule has 1 saturated heterocycles. The molecule has 0 bridgehead atoms. The van der Waals surface area contributed by atoms with Gasteiger partial charge >= 0.3 is 5.97 Å². The Labute approximate surface area is 116 Å². The Balaban J connectivity index is 2.30. The number of nitrogens with zero attached hydrogens (tertiary/aromatic N) is 2. The molecule has 2 heterocycles. The Morgan fingerprint density at radius 1 is 1.60 bits per heavy atom. The highest BCUT2D eigenvalue weighted by atomic mass is 16.5. The van der Waals surface area contributed by atoms with Gasteiger partial charge in [0.05, 0.1) is 38.5 Å². The molecule has 7 nitrogen and oxygen atoms in total. The maximum absolute atomic E-state index is 12.5. The van der Waals surface area contributed by atoms with E-state index in [1.165, 1.54) is 24.3 Å². The molecule has 1 aliphatic heterocycles. The summed E-state index contributed by atoms with van der Waals surface area (Å²) >= 11 is 0. The van der Waals surface area contributed by atoms with Crippen LogP contribution in [0, 0.1) is 0 Å². The van der Waals surface area contributed by atoms with Crippen LogP contribution >= 0.6 is 0 Å². The van der Waals surface area contributed by atoms with Gasteiger partial charge in [-0.1, -0.05) is 0 Å². The number of aliphatic hydroxyl groups excluding tert-OH is 1. The van der Waals surface area contributed by atoms with Crippen LogP contribution in [0.15, 0.2) is 18.3 Å². The molecule has 2 rings (SSSR count). The van der Waals surface area contributed by atoms with Crippen molar-refractivity contribution in [3.63, 3.8) is 0 Å². The highest BCUT2D eigenvalue weighted by Crippen LogP contribution is 2.15. The molecule has 0 spiro atoms. The number of rotatable bonds is 3. The van der Waals surface area contributed by atoms with Gasteiger partial charge in [-0.25, -0.2) is 9.78 Å². The lowest BCUT2D eigenvalue weighted by Gasteiger charge is -2.34. The number of esters is 1. The number of amides is 1. The van der Waals surface area contributed by atoms with Crippen LogP contribution in [0.3, 0.4) is 0 Å². The summed E-state index contributed by atoms with van der Waals surface area (Å²) in [5, 5.41) is 9.30. The van der Waals surface area contributed by atoms with E-state index in [1.807, 2.05) is 0 Å². The number of hydrogen-bond acceptors (Lipinski definition) is 6. The Hall–Kier alpha value is -1.99. The SMILES string of the molecule is COC(=O)c1ncccc1C(=O)N1CCOC[C@H]1CO. The Morgan fingerprint density at radius 3 is 3.10 bits per heavy atom. The third-order valence-electron chi connectivity index (χ3n) is 3.12. The van der Waals surface area contributed by atoms with Crippen LogP contribution in [0.5, 0.6) is 0 Å². The fourth-order valence-electron chi connectivity index (χ4n) is 2.07. The van der Waals surface area contributed by atoms with Crippen LogP contribution in [0.25, 0.3) is 0 Å². The van der Waals surface area contributed by atoms with Gasteiger partial charge in [-0.2, -0.15) is 0 Å². The number of pyridine rings is 1. The first kappa shape index (κ1) is 14.4. The summed E-state index contributed by atoms with van der Waals surface area (Å²) in [6, 6.07) is 2.68. The number of hydrogen-bond donors (Lipinski definition) is 1. The normalized spacial score (nSPS) is 18.7. The molecule has 0 saturated carbocycles. The fourth-order valence-corrected chi connectivity index (χ4v) is 2.07. The zero-order valence-electron chi connectivity index (χ0n) is 11.1. The second-order valence-electron chi connectivity index (χ2n) is 4.30. The molecule has 1 amide bonds. The second-order valence-corrected chi connectivity index (χ2v) is 4.30. The minimum atomic E-state index is -0.664. The first-order valence-electron chi connectivity index (χ1n) is 6.22. The van der Waals surface area contributed by atoms with Crippen molar-refractivity contribution in [3.05, 3.63) is 29.6 Å². The Kier molecular flexibility index (Phi) is 4.65. The second kappa shape index (κ2) is 6.44. The molecule has 0 unspecified atom stereocenters. The highest BCUT2D eigenvalue weighted by Gasteiger charge is 2.30. The average Bonchev–Trinajstić information content (AvgIpc) is 2.53. The standard InChI is InChI=1S/C13H16N2O5/c1-19-13(18)11-10(3-2-4-14-11)12(17)15-5-6-20-8-9(15)7-16/h2-4,9,16H,5-8H2,1H3/t9-/m1/s1. The number of carbonyl (C=O) groups is 2. The van der Waals surface area contributed by atoms with Gasteiger partial charge in [-0.15, -0.1) is 0 Å². The molecule has 0 radical (unpaired) electrons. The van der Waals surface area contributed by atoms with Crippen molar-refractivity contribution in [1.29, 1.82) is 0 Å². The zero-order chi connectivity index (χ0) is 14.5. The summed E-state index contributed by atoms with van der Waals surface area (Å²) in [6.07, 6.45) is 1.42. The summed E-state index contributed by atoms with van der Waals surface area (Å²) < 4.78 is 9.85. The van der Waals surface area contributed by atoms with Crippen molar-refractivity contribution >= 4 is 11.9 Å². The number of ether oxygens (including phenoxy) is 2. The molecular formula is C13H16N2O5. The maximum atomic E-state index is 12.5. The van der Waals surface area contributed by atoms with E-state index in [0.717, 1.165) is 0 Å². The first-order valence-corrected chi connectivity index (χ1v) is 6.22. The van der Waals surface area contributed by atoms with Crippen molar-refractivity contribution in [2.75, 3.05) is 33.5 Å². The van der Waals surface area contributed by atoms with E-state index in [2.05, 4.69) is 9.72 Å². The van der Waals surface area contributed by atoms with E-state index in [1.54, 1.807) is 6.07 Å². The summed E-state index contributed by atoms with van der Waals surface area (Å²) in [7, 11) is 1.23. The number of morpholine rings is 1. The molecule has 1 fully saturated rings. The summed E-state index contributed by atoms with van der Waals surface area (Å²) in [5.74, 6) is -1.02. The van der Waals surface area contributed by atoms with Crippen molar-refractivity contribution in [2.24, 2.45) is 0 Å². The molecule has 20 heavy (non-hydrogen) atoms. The van der Waals surface area contributed by atoms with Gasteiger partial charge in [0, 0.05) is 12.7 Å². The average molecular weight is 280 g/mol. The number of carbonyl (C=O) groups excluding carboxylic acids is 2. The zero-order valence-corrected chi connectivity index (χ0v) is 11.1. The third kappa shape index (κ3) is 2.78. The molecule has 1 atom stereocenters. The molecule has 1 aromatic rings. The quantitative estimate of drug-likeness (QED) is 0.765. The Bertz CT molecular complexity index is 505. The van der Waals surface area contributed by atoms with Crippen LogP contribution in [0.1, 0.15) is 20.8 Å². The topological polar surface area (TPSA) is 89.0 Å². The molecule has 0 aromatic carbocycles. The minimum Gasteiger partial charge on any atom is -0.464 e. The largest absolute Gasteiger partial charge is 0.464 e. The van der Waals surface area contributed by atoms with Crippen LogP contribution in [-0.2, 0) is 9.47 Å². The van der Waals surface area contributed by atoms with Crippen molar-refractivity contribution in [3.8, 4) is 0 Å². The van der Waals surface area contributed by atoms with Crippen LogP contribution in [0.4, 0.5) is 0 Å². The summed E-state index contributed by atoms with van der Waals surface area (Å²) in [4.78, 5) is 29.6. The number of methoxy groups -OCH3 is 1. The van der Waals surface area contributed by atoms with Gasteiger partial charge < -0.3 is 19.5 Å². The minimum absolute atomic E-state index is 0.0248. The monoisotopic (exact) mass is 280 g/mol. The molecule has 0 aliphatic carbocycles. The first-order chi connectivity index (χ1) is 9.69. The van der Waals surface area contributed by atoms with Gasteiger partial charge in [-0.05, 0) is 12.1 Å². The molecular weight excluding hydrogens is 264 g/mol. The van der Waals surface area contributed by atoms with Crippen molar-refractivity contribution in [1.82, 2.24) is 9.88 Å². The molecule has 1 aromatic heterocycles. The summed E-state index contributed by atoms with van der Waals surface area (Å²) in [5.41, 5.74) is 0.142. The van der Waals surface area contributed by atoms with Crippen LogP contribution < -0.4 is 0 Å². The van der Waals surface area contributed by atoms with E-state index in [9.17, 15) is 14.7 Å². The van der Waals surface area contributed by atoms with Crippen molar-refractivity contribution in [2.45, 2.75) is 6.04 Å². The van der Waals surface area contributed by atoms with E-state index in [0.29, 0.717) is 13.2 Å². The van der Waals surface area contributed by atoms with Gasteiger partial charge in [0.2, 0.25) is 0 Å². The smallest absolute Gasteiger partial charge is 0.357 e. The lowest BCUT2D eigenvalue weighted by atomic mass is 10.1. The number of aliphatic hydroxyl groups is 1. The van der Waals surface area contributed by atoms with E-state index in [-0.39, 0.29) is 30.4 Å². The van der Waals surface area contributed by atoms with Gasteiger partial charge in [0.1, 0.15) is 0 Å². The van der Waals surface area contributed by atoms with E-state index in [4.69, 9.17) is 4.74 Å². The van der Waals surface area contributed by atoms with E-state index >= 15 is 0 Å². The third-order valence-corrected chi connectivity index (χ3v) is 3.12. The van der Waals surface area contributed by atoms with Crippen LogP contribution in [-0.4, -0.2) is 66.4 Å². The molecule has 1 N–H and O–H groups in total.